The predicted molar refractivity (Wildman–Crippen MR) is 71.1 cm³/mol. The van der Waals surface area contributed by atoms with Gasteiger partial charge in [0, 0.05) is 26.1 Å². The van der Waals surface area contributed by atoms with Crippen molar-refractivity contribution in [1.82, 2.24) is 15.6 Å². The third-order valence-corrected chi connectivity index (χ3v) is 4.32. The maximum atomic E-state index is 12.1. The van der Waals surface area contributed by atoms with Crippen molar-refractivity contribution in [2.24, 2.45) is 0 Å². The molecule has 0 spiro atoms. The molecule has 6 heteroatoms. The Morgan fingerprint density at radius 3 is 3.00 bits per heavy atom. The minimum absolute atomic E-state index is 0.0344. The second kappa shape index (κ2) is 5.77. The van der Waals surface area contributed by atoms with Gasteiger partial charge in [0.2, 0.25) is 0 Å². The molecule has 2 heterocycles. The summed E-state index contributed by atoms with van der Waals surface area (Å²) >= 11 is 1.46. The van der Waals surface area contributed by atoms with Gasteiger partial charge in [0.05, 0.1) is 23.4 Å². The van der Waals surface area contributed by atoms with Gasteiger partial charge in [0.25, 0.3) is 5.91 Å². The number of rotatable bonds is 4. The van der Waals surface area contributed by atoms with E-state index < -0.39 is 0 Å². The van der Waals surface area contributed by atoms with E-state index in [9.17, 15) is 4.79 Å². The number of ether oxygens (including phenoxy) is 1. The van der Waals surface area contributed by atoms with E-state index in [1.54, 1.807) is 13.3 Å². The fraction of sp³-hybridized carbons (Fsp3) is 0.667. The molecule has 1 amide bonds. The molecule has 2 atom stereocenters. The van der Waals surface area contributed by atoms with Crippen molar-refractivity contribution >= 4 is 17.2 Å². The summed E-state index contributed by atoms with van der Waals surface area (Å²) in [6.45, 7) is 5.67. The second-order valence-electron chi connectivity index (χ2n) is 4.73. The van der Waals surface area contributed by atoms with E-state index in [0.717, 1.165) is 18.1 Å². The normalized spacial score (nSPS) is 23.6. The Morgan fingerprint density at radius 1 is 1.61 bits per heavy atom. The fourth-order valence-corrected chi connectivity index (χ4v) is 2.77. The molecule has 0 radical (unpaired) electrons. The summed E-state index contributed by atoms with van der Waals surface area (Å²) in [5.41, 5.74) is 0. The molecule has 0 aliphatic carbocycles. The first-order valence-corrected chi connectivity index (χ1v) is 6.93. The van der Waals surface area contributed by atoms with E-state index in [1.165, 1.54) is 11.3 Å². The molecule has 1 saturated heterocycles. The van der Waals surface area contributed by atoms with Crippen LogP contribution in [0.15, 0.2) is 6.20 Å². The standard InChI is InChI=1S/C12H19N3O2S/c1-7(2)12-14-6-10(18-12)11(16)15-8-4-13-5-9(8)17-3/h6-9,13H,4-5H2,1-3H3,(H,15,16)/t8?,9-/m0/s1. The molecule has 1 fully saturated rings. The van der Waals surface area contributed by atoms with Crippen LogP contribution in [0.2, 0.25) is 0 Å². The van der Waals surface area contributed by atoms with Crippen LogP contribution < -0.4 is 10.6 Å². The van der Waals surface area contributed by atoms with E-state index in [0.29, 0.717) is 10.8 Å². The Hall–Kier alpha value is -0.980. The van der Waals surface area contributed by atoms with Crippen LogP contribution in [0, 0.1) is 0 Å². The van der Waals surface area contributed by atoms with Crippen molar-refractivity contribution in [2.75, 3.05) is 20.2 Å². The first-order chi connectivity index (χ1) is 8.61. The molecule has 1 aliphatic heterocycles. The Bertz CT molecular complexity index is 419. The van der Waals surface area contributed by atoms with Gasteiger partial charge in [-0.25, -0.2) is 4.98 Å². The van der Waals surface area contributed by atoms with Gasteiger partial charge in [-0.15, -0.1) is 11.3 Å². The fourth-order valence-electron chi connectivity index (χ4n) is 1.95. The molecule has 1 unspecified atom stereocenters. The molecule has 5 nitrogen and oxygen atoms in total. The van der Waals surface area contributed by atoms with Crippen molar-refractivity contribution in [3.63, 3.8) is 0 Å². The number of carbonyl (C=O) groups is 1. The molecular weight excluding hydrogens is 250 g/mol. The lowest BCUT2D eigenvalue weighted by atomic mass is 10.2. The van der Waals surface area contributed by atoms with Crippen LogP contribution >= 0.6 is 11.3 Å². The molecule has 18 heavy (non-hydrogen) atoms. The van der Waals surface area contributed by atoms with Gasteiger partial charge in [-0.05, 0) is 0 Å². The highest BCUT2D eigenvalue weighted by Gasteiger charge is 2.28. The van der Waals surface area contributed by atoms with Crippen molar-refractivity contribution in [1.29, 1.82) is 0 Å². The van der Waals surface area contributed by atoms with Gasteiger partial charge in [-0.2, -0.15) is 0 Å². The summed E-state index contributed by atoms with van der Waals surface area (Å²) in [6.07, 6.45) is 1.70. The largest absolute Gasteiger partial charge is 0.378 e. The van der Waals surface area contributed by atoms with Crippen LogP contribution in [0.25, 0.3) is 0 Å². The van der Waals surface area contributed by atoms with E-state index in [4.69, 9.17) is 4.74 Å². The van der Waals surface area contributed by atoms with Crippen molar-refractivity contribution in [2.45, 2.75) is 31.9 Å². The lowest BCUT2D eigenvalue weighted by Gasteiger charge is -2.17. The third-order valence-electron chi connectivity index (χ3n) is 3.02. The highest BCUT2D eigenvalue weighted by atomic mass is 32.1. The molecule has 2 N–H and O–H groups in total. The number of methoxy groups -OCH3 is 1. The second-order valence-corrected chi connectivity index (χ2v) is 5.79. The summed E-state index contributed by atoms with van der Waals surface area (Å²) in [5.74, 6) is 0.298. The molecule has 0 aromatic carbocycles. The predicted octanol–water partition coefficient (Wildman–Crippen LogP) is 0.983. The number of aromatic nitrogens is 1. The summed E-state index contributed by atoms with van der Waals surface area (Å²) in [7, 11) is 1.67. The quantitative estimate of drug-likeness (QED) is 0.855. The average Bonchev–Trinajstić information content (AvgIpc) is 2.96. The number of nitrogens with one attached hydrogen (secondary N) is 2. The molecule has 1 aromatic heterocycles. The van der Waals surface area contributed by atoms with Gasteiger partial charge < -0.3 is 15.4 Å². The first kappa shape index (κ1) is 13.5. The van der Waals surface area contributed by atoms with Crippen LogP contribution in [-0.2, 0) is 4.74 Å². The summed E-state index contributed by atoms with van der Waals surface area (Å²) in [4.78, 5) is 17.0. The topological polar surface area (TPSA) is 63.2 Å². The van der Waals surface area contributed by atoms with Crippen molar-refractivity contribution in [3.8, 4) is 0 Å². The van der Waals surface area contributed by atoms with Crippen molar-refractivity contribution < 1.29 is 9.53 Å². The van der Waals surface area contributed by atoms with E-state index in [-0.39, 0.29) is 18.1 Å². The van der Waals surface area contributed by atoms with Gasteiger partial charge in [0.15, 0.2) is 0 Å². The summed E-state index contributed by atoms with van der Waals surface area (Å²) in [5, 5.41) is 7.19. The lowest BCUT2D eigenvalue weighted by molar-refractivity contribution is 0.0782. The summed E-state index contributed by atoms with van der Waals surface area (Å²) < 4.78 is 5.31. The number of hydrogen-bond donors (Lipinski definition) is 2. The van der Waals surface area contributed by atoms with Gasteiger partial charge in [0.1, 0.15) is 4.88 Å². The van der Waals surface area contributed by atoms with Gasteiger partial charge in [-0.1, -0.05) is 13.8 Å². The average molecular weight is 269 g/mol. The highest BCUT2D eigenvalue weighted by molar-refractivity contribution is 7.13. The van der Waals surface area contributed by atoms with Gasteiger partial charge >= 0.3 is 0 Å². The van der Waals surface area contributed by atoms with Crippen LogP contribution in [0.3, 0.4) is 0 Å². The number of thiazole rings is 1. The van der Waals surface area contributed by atoms with Gasteiger partial charge in [-0.3, -0.25) is 4.79 Å². The Kier molecular flexibility index (Phi) is 4.31. The van der Waals surface area contributed by atoms with Crippen LogP contribution in [-0.4, -0.2) is 43.2 Å². The maximum absolute atomic E-state index is 12.1. The maximum Gasteiger partial charge on any atom is 0.263 e. The third kappa shape index (κ3) is 2.88. The monoisotopic (exact) mass is 269 g/mol. The van der Waals surface area contributed by atoms with Crippen LogP contribution in [0.4, 0.5) is 0 Å². The van der Waals surface area contributed by atoms with Crippen LogP contribution in [0.1, 0.15) is 34.4 Å². The molecule has 100 valence electrons. The van der Waals surface area contributed by atoms with Crippen LogP contribution in [0.5, 0.6) is 0 Å². The molecular formula is C12H19N3O2S. The Balaban J connectivity index is 1.98. The highest BCUT2D eigenvalue weighted by Crippen LogP contribution is 2.21. The van der Waals surface area contributed by atoms with E-state index in [2.05, 4.69) is 29.5 Å². The SMILES string of the molecule is CO[C@H]1CNCC1NC(=O)c1cnc(C(C)C)s1. The van der Waals surface area contributed by atoms with E-state index >= 15 is 0 Å². The van der Waals surface area contributed by atoms with E-state index in [1.807, 2.05) is 0 Å². The Labute approximate surface area is 111 Å². The molecule has 1 aliphatic rings. The minimum Gasteiger partial charge on any atom is -0.378 e. The number of amides is 1. The molecule has 0 saturated carbocycles. The zero-order valence-corrected chi connectivity index (χ0v) is 11.7. The lowest BCUT2D eigenvalue weighted by Crippen LogP contribution is -2.43. The zero-order chi connectivity index (χ0) is 13.1. The summed E-state index contributed by atoms with van der Waals surface area (Å²) in [6, 6.07) is 0.0344. The number of carbonyl (C=O) groups excluding carboxylic acids is 1. The number of nitrogens with zero attached hydrogens (tertiary/aromatic N) is 1. The molecule has 0 bridgehead atoms. The van der Waals surface area contributed by atoms with Crippen molar-refractivity contribution in [3.05, 3.63) is 16.1 Å². The minimum atomic E-state index is -0.0600. The zero-order valence-electron chi connectivity index (χ0n) is 10.9. The smallest absolute Gasteiger partial charge is 0.263 e. The molecule has 1 aromatic rings. The molecule has 2 rings (SSSR count). The first-order valence-electron chi connectivity index (χ1n) is 6.12. The Morgan fingerprint density at radius 2 is 2.39 bits per heavy atom. The number of hydrogen-bond acceptors (Lipinski definition) is 5.